The second-order valence-electron chi connectivity index (χ2n) is 6.23. The van der Waals surface area contributed by atoms with Crippen molar-refractivity contribution >= 4 is 47.7 Å². The second kappa shape index (κ2) is 10.3. The van der Waals surface area contributed by atoms with E-state index >= 15 is 0 Å². The summed E-state index contributed by atoms with van der Waals surface area (Å²) >= 11 is 3.15. The van der Waals surface area contributed by atoms with Gasteiger partial charge in [0.1, 0.15) is 6.34 Å². The summed E-state index contributed by atoms with van der Waals surface area (Å²) in [4.78, 5) is 10.1. The first-order chi connectivity index (χ1) is 13.0. The number of hydrogen-bond donors (Lipinski definition) is 0. The molecule has 1 heterocycles. The number of thioether (sulfide) groups is 2. The zero-order valence-electron chi connectivity index (χ0n) is 16.2. The molecule has 0 saturated carbocycles. The summed E-state index contributed by atoms with van der Waals surface area (Å²) in [5, 5.41) is 2.08. The maximum Gasteiger partial charge on any atom is 0.110 e. The molecule has 0 radical (unpaired) electrons. The predicted molar refractivity (Wildman–Crippen MR) is 127 cm³/mol. The van der Waals surface area contributed by atoms with Gasteiger partial charge in [-0.25, -0.2) is 4.99 Å². The molecule has 27 heavy (non-hydrogen) atoms. The maximum atomic E-state index is 4.66. The Morgan fingerprint density at radius 1 is 1.15 bits per heavy atom. The van der Waals surface area contributed by atoms with Crippen LogP contribution in [0.3, 0.4) is 0 Å². The molecule has 0 saturated heterocycles. The van der Waals surface area contributed by atoms with Crippen molar-refractivity contribution in [2.24, 2.45) is 15.9 Å². The number of hydrogen-bond acceptors (Lipinski definition) is 4. The normalized spacial score (nSPS) is 22.9. The zero-order chi connectivity index (χ0) is 19.8. The van der Waals surface area contributed by atoms with Gasteiger partial charge >= 0.3 is 0 Å². The van der Waals surface area contributed by atoms with Crippen LogP contribution in [0.2, 0.25) is 0 Å². The van der Waals surface area contributed by atoms with Crippen molar-refractivity contribution in [3.8, 4) is 0 Å². The fourth-order valence-corrected chi connectivity index (χ4v) is 4.16. The highest BCUT2D eigenvalue weighted by molar-refractivity contribution is 8.25. The smallest absolute Gasteiger partial charge is 0.110 e. The first-order valence-electron chi connectivity index (χ1n) is 8.84. The molecule has 0 aromatic heterocycles. The molecule has 0 N–H and O–H groups in total. The summed E-state index contributed by atoms with van der Waals surface area (Å²) in [6, 6.07) is 6.38. The maximum absolute atomic E-state index is 4.66. The monoisotopic (exact) mass is 394 g/mol. The topological polar surface area (TPSA) is 24.7 Å². The van der Waals surface area contributed by atoms with E-state index in [0.29, 0.717) is 5.92 Å². The minimum atomic E-state index is 0.155. The molecule has 0 bridgehead atoms. The van der Waals surface area contributed by atoms with Crippen LogP contribution in [0.1, 0.15) is 37.5 Å². The molecular weight excluding hydrogens is 368 g/mol. The Labute approximate surface area is 171 Å². The molecule has 4 heteroatoms. The van der Waals surface area contributed by atoms with E-state index in [-0.39, 0.29) is 6.04 Å². The summed E-state index contributed by atoms with van der Waals surface area (Å²) in [6.07, 6.45) is 9.77. The van der Waals surface area contributed by atoms with Gasteiger partial charge in [0.25, 0.3) is 0 Å². The van der Waals surface area contributed by atoms with Gasteiger partial charge in [0, 0.05) is 14.7 Å². The molecular formula is C23H26N2S2. The minimum absolute atomic E-state index is 0.155. The van der Waals surface area contributed by atoms with Crippen molar-refractivity contribution < 1.29 is 0 Å². The summed E-state index contributed by atoms with van der Waals surface area (Å²) in [5.74, 6) is 0.334. The Bertz CT molecular complexity index is 844. The first-order valence-corrected chi connectivity index (χ1v) is 10.5. The van der Waals surface area contributed by atoms with Gasteiger partial charge in [-0.1, -0.05) is 86.6 Å². The quantitative estimate of drug-likeness (QED) is 0.542. The Morgan fingerprint density at radius 2 is 1.93 bits per heavy atom. The lowest BCUT2D eigenvalue weighted by Crippen LogP contribution is -2.10. The summed E-state index contributed by atoms with van der Waals surface area (Å²) in [6.45, 7) is 18.5. The summed E-state index contributed by atoms with van der Waals surface area (Å²) in [7, 11) is 0. The predicted octanol–water partition coefficient (Wildman–Crippen LogP) is 7.18. The van der Waals surface area contributed by atoms with Gasteiger partial charge in [0.2, 0.25) is 0 Å². The fraction of sp³-hybridized carbons (Fsp3) is 0.217. The molecule has 0 spiro atoms. The summed E-state index contributed by atoms with van der Waals surface area (Å²) in [5.41, 5.74) is 4.01. The lowest BCUT2D eigenvalue weighted by atomic mass is 10.0. The van der Waals surface area contributed by atoms with Crippen molar-refractivity contribution in [3.63, 3.8) is 0 Å². The van der Waals surface area contributed by atoms with Crippen LogP contribution in [0.15, 0.2) is 74.6 Å². The third-order valence-corrected chi connectivity index (χ3v) is 6.02. The van der Waals surface area contributed by atoms with Crippen LogP contribution in [0, 0.1) is 5.92 Å². The van der Waals surface area contributed by atoms with Crippen molar-refractivity contribution in [1.29, 1.82) is 0 Å². The van der Waals surface area contributed by atoms with Gasteiger partial charge in [-0.3, -0.25) is 4.99 Å². The third kappa shape index (κ3) is 5.98. The van der Waals surface area contributed by atoms with E-state index in [9.17, 15) is 0 Å². The zero-order valence-corrected chi connectivity index (χ0v) is 17.8. The highest BCUT2D eigenvalue weighted by Crippen LogP contribution is 2.35. The number of aliphatic imine (C=N–C) groups is 2. The number of nitrogens with zero attached hydrogens (tertiary/aromatic N) is 2. The van der Waals surface area contributed by atoms with E-state index < -0.39 is 0 Å². The fourth-order valence-electron chi connectivity index (χ4n) is 2.48. The van der Waals surface area contributed by atoms with Crippen LogP contribution in [-0.2, 0) is 0 Å². The molecule has 0 fully saturated rings. The molecule has 2 rings (SSSR count). The van der Waals surface area contributed by atoms with E-state index in [1.165, 1.54) is 0 Å². The lowest BCUT2D eigenvalue weighted by molar-refractivity contribution is 0.587. The number of allylic oxidation sites excluding steroid dienone is 2. The highest BCUT2D eigenvalue weighted by atomic mass is 32.2. The van der Waals surface area contributed by atoms with Crippen LogP contribution in [0.25, 0.3) is 12.2 Å². The Hall–Kier alpha value is -2.04. The standard InChI is InChI=1S/C23H26N2S2/c1-7-9-21-14-22(11-10-20(21)8-2)23-18(5)27-19(6)26-13-12-16(3)17(4)24-15-25-23/h7-17H,2,5-6H2,1,3-4H3/b9-7-,13-12-,24-15?,25-23?. The van der Waals surface area contributed by atoms with Gasteiger partial charge in [0.05, 0.1) is 11.8 Å². The van der Waals surface area contributed by atoms with Crippen LogP contribution >= 0.6 is 23.5 Å². The van der Waals surface area contributed by atoms with Crippen molar-refractivity contribution in [1.82, 2.24) is 0 Å². The van der Waals surface area contributed by atoms with Crippen LogP contribution in [0.4, 0.5) is 0 Å². The molecule has 140 valence electrons. The first kappa shape index (κ1) is 21.3. The largest absolute Gasteiger partial charge is 0.270 e. The van der Waals surface area contributed by atoms with Gasteiger partial charge in [-0.15, -0.1) is 0 Å². The Kier molecular flexibility index (Phi) is 8.14. The molecule has 2 nitrogen and oxygen atoms in total. The van der Waals surface area contributed by atoms with Crippen molar-refractivity contribution in [2.75, 3.05) is 0 Å². The van der Waals surface area contributed by atoms with Crippen molar-refractivity contribution in [3.05, 3.63) is 81.3 Å². The van der Waals surface area contributed by atoms with Gasteiger partial charge in [-0.2, -0.15) is 0 Å². The number of rotatable bonds is 3. The average Bonchev–Trinajstić information content (AvgIpc) is 2.64. The average molecular weight is 395 g/mol. The van der Waals surface area contributed by atoms with E-state index in [1.807, 2.05) is 19.1 Å². The molecule has 2 unspecified atom stereocenters. The van der Waals surface area contributed by atoms with Crippen LogP contribution in [-0.4, -0.2) is 18.1 Å². The molecule has 0 amide bonds. The van der Waals surface area contributed by atoms with Crippen molar-refractivity contribution in [2.45, 2.75) is 26.8 Å². The molecule has 1 aromatic rings. The van der Waals surface area contributed by atoms with E-state index in [0.717, 1.165) is 31.5 Å². The molecule has 1 aliphatic rings. The Balaban J connectivity index is 2.50. The van der Waals surface area contributed by atoms with E-state index in [1.54, 1.807) is 29.9 Å². The van der Waals surface area contributed by atoms with E-state index in [4.69, 9.17) is 0 Å². The van der Waals surface area contributed by atoms with Crippen LogP contribution < -0.4 is 0 Å². The minimum Gasteiger partial charge on any atom is -0.270 e. The third-order valence-electron chi connectivity index (χ3n) is 4.26. The van der Waals surface area contributed by atoms with Crippen LogP contribution in [0.5, 0.6) is 0 Å². The van der Waals surface area contributed by atoms with Gasteiger partial charge in [0.15, 0.2) is 0 Å². The molecule has 1 aliphatic heterocycles. The lowest BCUT2D eigenvalue weighted by Gasteiger charge is -2.14. The van der Waals surface area contributed by atoms with E-state index in [2.05, 4.69) is 79.3 Å². The second-order valence-corrected chi connectivity index (χ2v) is 8.68. The van der Waals surface area contributed by atoms with Gasteiger partial charge in [-0.05, 0) is 42.4 Å². The molecule has 2 atom stereocenters. The SMILES string of the molecule is C=Cc1ccc(C2=NC=NC(C)C(C)/C=C\SC(=C)SC2=C)cc1/C=C\C. The molecule has 1 aromatic carbocycles. The summed E-state index contributed by atoms with van der Waals surface area (Å²) < 4.78 is 0.970. The molecule has 0 aliphatic carbocycles. The highest BCUT2D eigenvalue weighted by Gasteiger charge is 2.13. The Morgan fingerprint density at radius 3 is 2.63 bits per heavy atom. The van der Waals surface area contributed by atoms with Gasteiger partial charge < -0.3 is 0 Å². The number of benzene rings is 1.